The van der Waals surface area contributed by atoms with Crippen LogP contribution in [-0.4, -0.2) is 16.5 Å². The minimum absolute atomic E-state index is 0.123. The highest BCUT2D eigenvalue weighted by Gasteiger charge is 2.36. The lowest BCUT2D eigenvalue weighted by atomic mass is 10.0. The summed E-state index contributed by atoms with van der Waals surface area (Å²) in [6, 6.07) is 0. The Morgan fingerprint density at radius 2 is 2.23 bits per heavy atom. The van der Waals surface area contributed by atoms with Gasteiger partial charge in [-0.15, -0.1) is 0 Å². The normalized spacial score (nSPS) is 14.2. The van der Waals surface area contributed by atoms with E-state index in [1.807, 2.05) is 5.10 Å². The zero-order valence-corrected chi connectivity index (χ0v) is 6.72. The molecule has 0 aliphatic rings. The van der Waals surface area contributed by atoms with Gasteiger partial charge in [-0.25, -0.2) is 0 Å². The first-order chi connectivity index (χ1) is 5.96. The van der Waals surface area contributed by atoms with E-state index in [0.717, 1.165) is 6.20 Å². The number of rotatable bonds is 2. The molecular weight excluding hydrogens is 185 g/mol. The SMILES string of the molecule is CC(C=O)c1cn[nH]c1C(F)(F)F. The van der Waals surface area contributed by atoms with Crippen LogP contribution in [0.2, 0.25) is 0 Å². The van der Waals surface area contributed by atoms with E-state index in [1.54, 1.807) is 0 Å². The third kappa shape index (κ3) is 1.88. The maximum Gasteiger partial charge on any atom is 0.433 e. The van der Waals surface area contributed by atoms with E-state index in [2.05, 4.69) is 5.10 Å². The van der Waals surface area contributed by atoms with Gasteiger partial charge in [0, 0.05) is 11.5 Å². The standard InChI is InChI=1S/C7H7F3N2O/c1-4(3-13)5-2-11-12-6(5)7(8,9)10/h2-4H,1H3,(H,11,12). The number of alkyl halides is 3. The summed E-state index contributed by atoms with van der Waals surface area (Å²) in [5.74, 6) is -0.796. The largest absolute Gasteiger partial charge is 0.433 e. The van der Waals surface area contributed by atoms with Crippen molar-refractivity contribution >= 4 is 6.29 Å². The average Bonchev–Trinajstić information content (AvgIpc) is 2.49. The molecular formula is C7H7F3N2O. The molecule has 1 atom stereocenters. The molecule has 0 saturated heterocycles. The fourth-order valence-corrected chi connectivity index (χ4v) is 0.941. The molecule has 0 aromatic carbocycles. The van der Waals surface area contributed by atoms with Gasteiger partial charge in [0.05, 0.1) is 6.20 Å². The number of aromatic nitrogens is 2. The van der Waals surface area contributed by atoms with Crippen LogP contribution in [-0.2, 0) is 11.0 Å². The van der Waals surface area contributed by atoms with Crippen molar-refractivity contribution < 1.29 is 18.0 Å². The highest BCUT2D eigenvalue weighted by molar-refractivity contribution is 5.61. The zero-order valence-electron chi connectivity index (χ0n) is 6.72. The number of carbonyl (C=O) groups is 1. The molecule has 1 rings (SSSR count). The summed E-state index contributed by atoms with van der Waals surface area (Å²) in [6.07, 6.45) is -3.02. The Bertz CT molecular complexity index is 305. The van der Waals surface area contributed by atoms with Crippen molar-refractivity contribution in [3.05, 3.63) is 17.5 Å². The van der Waals surface area contributed by atoms with Crippen molar-refractivity contribution in [1.29, 1.82) is 0 Å². The molecule has 1 aromatic heterocycles. The Kier molecular flexibility index (Phi) is 2.40. The van der Waals surface area contributed by atoms with Gasteiger partial charge in [0.2, 0.25) is 0 Å². The Balaban J connectivity index is 3.10. The molecule has 6 heteroatoms. The van der Waals surface area contributed by atoms with Gasteiger partial charge in [-0.1, -0.05) is 6.92 Å². The first-order valence-corrected chi connectivity index (χ1v) is 3.52. The quantitative estimate of drug-likeness (QED) is 0.725. The highest BCUT2D eigenvalue weighted by Crippen LogP contribution is 2.32. The van der Waals surface area contributed by atoms with Crippen LogP contribution in [0.1, 0.15) is 24.1 Å². The average molecular weight is 192 g/mol. The molecule has 0 bridgehead atoms. The van der Waals surface area contributed by atoms with Crippen LogP contribution in [0.25, 0.3) is 0 Å². The predicted octanol–water partition coefficient (Wildman–Crippen LogP) is 1.73. The van der Waals surface area contributed by atoms with Crippen LogP contribution < -0.4 is 0 Å². The van der Waals surface area contributed by atoms with Gasteiger partial charge in [0.25, 0.3) is 0 Å². The van der Waals surface area contributed by atoms with Crippen molar-refractivity contribution in [3.63, 3.8) is 0 Å². The lowest BCUT2D eigenvalue weighted by molar-refractivity contribution is -0.142. The Labute approximate surface area is 71.9 Å². The molecule has 0 fully saturated rings. The molecule has 0 saturated carbocycles. The van der Waals surface area contributed by atoms with Gasteiger partial charge >= 0.3 is 6.18 Å². The smallest absolute Gasteiger partial charge is 0.303 e. The van der Waals surface area contributed by atoms with E-state index in [-0.39, 0.29) is 5.56 Å². The van der Waals surface area contributed by atoms with Crippen molar-refractivity contribution in [2.45, 2.75) is 19.0 Å². The number of carbonyl (C=O) groups excluding carboxylic acids is 1. The molecule has 1 aromatic rings. The van der Waals surface area contributed by atoms with E-state index in [9.17, 15) is 18.0 Å². The van der Waals surface area contributed by atoms with Crippen LogP contribution in [0.5, 0.6) is 0 Å². The molecule has 1 unspecified atom stereocenters. The van der Waals surface area contributed by atoms with Crippen LogP contribution in [0, 0.1) is 0 Å². The number of aldehydes is 1. The maximum atomic E-state index is 12.2. The summed E-state index contributed by atoms with van der Waals surface area (Å²) in [4.78, 5) is 10.3. The van der Waals surface area contributed by atoms with E-state index in [4.69, 9.17) is 0 Å². The van der Waals surface area contributed by atoms with E-state index in [0.29, 0.717) is 6.29 Å². The van der Waals surface area contributed by atoms with Gasteiger partial charge in [-0.3, -0.25) is 5.10 Å². The fourth-order valence-electron chi connectivity index (χ4n) is 0.941. The second-order valence-corrected chi connectivity index (χ2v) is 2.62. The second kappa shape index (κ2) is 3.20. The van der Waals surface area contributed by atoms with Crippen LogP contribution >= 0.6 is 0 Å². The topological polar surface area (TPSA) is 45.8 Å². The van der Waals surface area contributed by atoms with Gasteiger partial charge in [-0.05, 0) is 0 Å². The predicted molar refractivity (Wildman–Crippen MR) is 38.1 cm³/mol. The summed E-state index contributed by atoms with van der Waals surface area (Å²) in [5, 5.41) is 5.08. The lowest BCUT2D eigenvalue weighted by Gasteiger charge is -2.07. The Morgan fingerprint density at radius 3 is 2.69 bits per heavy atom. The molecule has 13 heavy (non-hydrogen) atoms. The third-order valence-corrected chi connectivity index (χ3v) is 1.65. The number of nitrogens with one attached hydrogen (secondary N) is 1. The molecule has 0 radical (unpaired) electrons. The second-order valence-electron chi connectivity index (χ2n) is 2.62. The van der Waals surface area contributed by atoms with Crippen molar-refractivity contribution in [1.82, 2.24) is 10.2 Å². The van der Waals surface area contributed by atoms with Crippen LogP contribution in [0.4, 0.5) is 13.2 Å². The van der Waals surface area contributed by atoms with E-state index < -0.39 is 17.8 Å². The molecule has 0 aliphatic heterocycles. The summed E-state index contributed by atoms with van der Waals surface area (Å²) >= 11 is 0. The molecule has 0 spiro atoms. The van der Waals surface area contributed by atoms with Gasteiger partial charge in [-0.2, -0.15) is 18.3 Å². The summed E-state index contributed by atoms with van der Waals surface area (Å²) in [6.45, 7) is 1.38. The summed E-state index contributed by atoms with van der Waals surface area (Å²) in [7, 11) is 0. The number of aromatic amines is 1. The number of hydrogen-bond donors (Lipinski definition) is 1. The Hall–Kier alpha value is -1.33. The maximum absolute atomic E-state index is 12.2. The Morgan fingerprint density at radius 1 is 1.62 bits per heavy atom. The van der Waals surface area contributed by atoms with Crippen molar-refractivity contribution in [2.24, 2.45) is 0 Å². The molecule has 1 heterocycles. The third-order valence-electron chi connectivity index (χ3n) is 1.65. The molecule has 3 nitrogen and oxygen atoms in total. The zero-order chi connectivity index (χ0) is 10.1. The van der Waals surface area contributed by atoms with E-state index in [1.165, 1.54) is 6.92 Å². The summed E-state index contributed by atoms with van der Waals surface area (Å²) in [5.41, 5.74) is -1.07. The number of H-pyrrole nitrogens is 1. The molecule has 0 amide bonds. The van der Waals surface area contributed by atoms with Gasteiger partial charge < -0.3 is 4.79 Å². The number of halogens is 3. The highest BCUT2D eigenvalue weighted by atomic mass is 19.4. The lowest BCUT2D eigenvalue weighted by Crippen LogP contribution is -2.10. The van der Waals surface area contributed by atoms with Crippen molar-refractivity contribution in [3.8, 4) is 0 Å². The molecule has 72 valence electrons. The molecule has 1 N–H and O–H groups in total. The monoisotopic (exact) mass is 192 g/mol. The van der Waals surface area contributed by atoms with Crippen LogP contribution in [0.15, 0.2) is 6.20 Å². The fraction of sp³-hybridized carbons (Fsp3) is 0.429. The minimum atomic E-state index is -4.48. The molecule has 0 aliphatic carbocycles. The van der Waals surface area contributed by atoms with E-state index >= 15 is 0 Å². The number of hydrogen-bond acceptors (Lipinski definition) is 2. The van der Waals surface area contributed by atoms with Crippen LogP contribution in [0.3, 0.4) is 0 Å². The summed E-state index contributed by atoms with van der Waals surface area (Å²) < 4.78 is 36.6. The van der Waals surface area contributed by atoms with Gasteiger partial charge in [0.1, 0.15) is 12.0 Å². The first kappa shape index (κ1) is 9.76. The van der Waals surface area contributed by atoms with Gasteiger partial charge in [0.15, 0.2) is 0 Å². The first-order valence-electron chi connectivity index (χ1n) is 3.52. The minimum Gasteiger partial charge on any atom is -0.303 e. The van der Waals surface area contributed by atoms with Crippen molar-refractivity contribution in [2.75, 3.05) is 0 Å². The number of nitrogens with zero attached hydrogens (tertiary/aromatic N) is 1.